The predicted octanol–water partition coefficient (Wildman–Crippen LogP) is 5.49. The quantitative estimate of drug-likeness (QED) is 0.199. The number of hydrogen-bond donors (Lipinski definition) is 3. The second kappa shape index (κ2) is 18.5. The standard InChI is InChI=1S/C42H56ClN5O8/c1-7-12-32(36(50)39(52)44-24-27-17-30(54-5)21-31(18-27)55-6)45-38(51)34-23-42(22-33(47-56-42)28-15-11-16-29(43)20-28)25-48(34)40(53)37(41(2,3)4)46-35(49)19-26-13-9-8-10-14-26/h11,15-18,20-21,26,32,34,37H,7-10,12-14,19,22-25H2,1-6H3,(H,44,52)(H,45,51)(H,46,49)/t32?,34-,37?,42+/m0/s1. The van der Waals surface area contributed by atoms with Crippen molar-refractivity contribution in [3.8, 4) is 11.5 Å². The van der Waals surface area contributed by atoms with Crippen LogP contribution in [0.4, 0.5) is 0 Å². The number of carbonyl (C=O) groups excluding carboxylic acids is 5. The van der Waals surface area contributed by atoms with Gasteiger partial charge >= 0.3 is 0 Å². The maximum atomic E-state index is 14.7. The van der Waals surface area contributed by atoms with Crippen molar-refractivity contribution >= 4 is 46.7 Å². The number of oxime groups is 1. The minimum Gasteiger partial charge on any atom is -0.497 e. The predicted molar refractivity (Wildman–Crippen MR) is 212 cm³/mol. The van der Waals surface area contributed by atoms with E-state index in [1.54, 1.807) is 30.3 Å². The van der Waals surface area contributed by atoms with Crippen LogP contribution < -0.4 is 25.4 Å². The van der Waals surface area contributed by atoms with E-state index < -0.39 is 52.6 Å². The minimum absolute atomic E-state index is 0.0133. The maximum Gasteiger partial charge on any atom is 0.289 e. The van der Waals surface area contributed by atoms with Crippen LogP contribution in [0.15, 0.2) is 47.6 Å². The molecule has 5 rings (SSSR count). The fourth-order valence-electron chi connectivity index (χ4n) is 7.86. The smallest absolute Gasteiger partial charge is 0.289 e. The zero-order chi connectivity index (χ0) is 40.6. The van der Waals surface area contributed by atoms with Gasteiger partial charge in [-0.15, -0.1) is 0 Å². The van der Waals surface area contributed by atoms with Gasteiger partial charge in [-0.1, -0.05) is 82.3 Å². The van der Waals surface area contributed by atoms with Gasteiger partial charge in [0, 0.05) is 42.5 Å². The topological polar surface area (TPSA) is 165 Å². The Morgan fingerprint density at radius 2 is 1.70 bits per heavy atom. The molecule has 2 aromatic carbocycles. The number of halogens is 1. The first-order valence-corrected chi connectivity index (χ1v) is 20.0. The fraction of sp³-hybridized carbons (Fsp3) is 0.571. The molecule has 0 aromatic heterocycles. The molecular formula is C42H56ClN5O8. The third-order valence-corrected chi connectivity index (χ3v) is 11.1. The second-order valence-electron chi connectivity index (χ2n) is 16.4. The molecule has 14 heteroatoms. The summed E-state index contributed by atoms with van der Waals surface area (Å²) >= 11 is 6.28. The van der Waals surface area contributed by atoms with Crippen LogP contribution in [-0.2, 0) is 35.4 Å². The Morgan fingerprint density at radius 3 is 2.32 bits per heavy atom. The SMILES string of the molecule is CCCC(NC(=O)[C@@H]1C[C@]2(CC(c3cccc(Cl)c3)=NO2)CN1C(=O)C(NC(=O)CC1CCCCC1)C(C)(C)C)C(=O)C(=O)NCc1cc(OC)cc(OC)c1. The number of ether oxygens (including phenoxy) is 2. The van der Waals surface area contributed by atoms with E-state index in [1.807, 2.05) is 39.8 Å². The molecule has 13 nitrogen and oxygen atoms in total. The average Bonchev–Trinajstić information content (AvgIpc) is 3.78. The van der Waals surface area contributed by atoms with Gasteiger partial charge in [0.1, 0.15) is 23.6 Å². The first-order valence-electron chi connectivity index (χ1n) is 19.6. The zero-order valence-electron chi connectivity index (χ0n) is 33.4. The lowest BCUT2D eigenvalue weighted by atomic mass is 9.84. The van der Waals surface area contributed by atoms with E-state index in [2.05, 4.69) is 21.1 Å². The lowest BCUT2D eigenvalue weighted by Crippen LogP contribution is -2.59. The van der Waals surface area contributed by atoms with Crippen molar-refractivity contribution in [2.24, 2.45) is 16.5 Å². The summed E-state index contributed by atoms with van der Waals surface area (Å²) in [4.78, 5) is 76.9. The molecule has 2 aliphatic heterocycles. The van der Waals surface area contributed by atoms with Gasteiger partial charge < -0.3 is 35.2 Å². The Hall–Kier alpha value is -4.65. The summed E-state index contributed by atoms with van der Waals surface area (Å²) in [5, 5.41) is 13.4. The van der Waals surface area contributed by atoms with Gasteiger partial charge in [0.05, 0.1) is 32.5 Å². The number of ketones is 1. The summed E-state index contributed by atoms with van der Waals surface area (Å²) < 4.78 is 10.6. The Labute approximate surface area is 334 Å². The third-order valence-electron chi connectivity index (χ3n) is 10.9. The Bertz CT molecular complexity index is 1780. The number of Topliss-reactive ketones (excluding diaryl/α,β-unsaturated/α-hetero) is 1. The van der Waals surface area contributed by atoms with Crippen molar-refractivity contribution in [3.63, 3.8) is 0 Å². The monoisotopic (exact) mass is 793 g/mol. The van der Waals surface area contributed by atoms with Gasteiger partial charge in [-0.2, -0.15) is 0 Å². The third kappa shape index (κ3) is 10.6. The van der Waals surface area contributed by atoms with Crippen LogP contribution in [-0.4, -0.2) is 84.5 Å². The number of carbonyl (C=O) groups is 5. The molecule has 0 radical (unpaired) electrons. The van der Waals surface area contributed by atoms with Crippen LogP contribution in [0.5, 0.6) is 11.5 Å². The normalized spacial score (nSPS) is 20.7. The van der Waals surface area contributed by atoms with E-state index in [0.717, 1.165) is 31.2 Å². The first-order chi connectivity index (χ1) is 26.6. The average molecular weight is 794 g/mol. The van der Waals surface area contributed by atoms with Crippen LogP contribution in [0.2, 0.25) is 5.02 Å². The molecule has 3 aliphatic rings. The fourth-order valence-corrected chi connectivity index (χ4v) is 8.05. The van der Waals surface area contributed by atoms with Crippen molar-refractivity contribution in [3.05, 3.63) is 58.6 Å². The second-order valence-corrected chi connectivity index (χ2v) is 16.8. The molecule has 1 saturated carbocycles. The molecule has 1 aliphatic carbocycles. The van der Waals surface area contributed by atoms with Crippen molar-refractivity contribution < 1.29 is 38.3 Å². The lowest BCUT2D eigenvalue weighted by Gasteiger charge is -2.36. The molecule has 2 fully saturated rings. The molecule has 2 aromatic rings. The number of hydrogen-bond acceptors (Lipinski definition) is 9. The van der Waals surface area contributed by atoms with E-state index in [9.17, 15) is 24.0 Å². The van der Waals surface area contributed by atoms with Gasteiger partial charge in [-0.3, -0.25) is 24.0 Å². The van der Waals surface area contributed by atoms with Crippen LogP contribution in [0.3, 0.4) is 0 Å². The number of nitrogens with one attached hydrogen (secondary N) is 3. The van der Waals surface area contributed by atoms with E-state index in [1.165, 1.54) is 25.5 Å². The van der Waals surface area contributed by atoms with E-state index >= 15 is 0 Å². The highest BCUT2D eigenvalue weighted by atomic mass is 35.5. The van der Waals surface area contributed by atoms with Crippen LogP contribution >= 0.6 is 11.6 Å². The highest BCUT2D eigenvalue weighted by Gasteiger charge is 2.55. The number of benzene rings is 2. The molecule has 2 heterocycles. The number of likely N-dealkylation sites (tertiary alicyclic amines) is 1. The van der Waals surface area contributed by atoms with Gasteiger partial charge in [0.2, 0.25) is 23.5 Å². The number of methoxy groups -OCH3 is 2. The largest absolute Gasteiger partial charge is 0.497 e. The molecule has 1 spiro atoms. The Morgan fingerprint density at radius 1 is 1.00 bits per heavy atom. The van der Waals surface area contributed by atoms with Gasteiger partial charge in [-0.05, 0) is 60.4 Å². The summed E-state index contributed by atoms with van der Waals surface area (Å²) in [5.41, 5.74) is 0.274. The molecule has 304 valence electrons. The molecule has 3 N–H and O–H groups in total. The van der Waals surface area contributed by atoms with Crippen molar-refractivity contribution in [1.82, 2.24) is 20.9 Å². The first kappa shape index (κ1) is 42.5. The van der Waals surface area contributed by atoms with E-state index in [-0.39, 0.29) is 37.8 Å². The number of amides is 4. The minimum atomic E-state index is -1.16. The Balaban J connectivity index is 1.36. The van der Waals surface area contributed by atoms with Crippen LogP contribution in [0.1, 0.15) is 103 Å². The van der Waals surface area contributed by atoms with E-state index in [4.69, 9.17) is 25.9 Å². The lowest BCUT2D eigenvalue weighted by molar-refractivity contribution is -0.145. The van der Waals surface area contributed by atoms with Gasteiger partial charge in [0.15, 0.2) is 5.60 Å². The van der Waals surface area contributed by atoms with Crippen molar-refractivity contribution in [1.29, 1.82) is 0 Å². The summed E-state index contributed by atoms with van der Waals surface area (Å²) in [6.07, 6.45) is 6.70. The summed E-state index contributed by atoms with van der Waals surface area (Å²) in [6.45, 7) is 7.50. The van der Waals surface area contributed by atoms with Gasteiger partial charge in [0.25, 0.3) is 5.91 Å². The van der Waals surface area contributed by atoms with Crippen LogP contribution in [0.25, 0.3) is 0 Å². The maximum absolute atomic E-state index is 14.7. The highest BCUT2D eigenvalue weighted by molar-refractivity contribution is 6.38. The number of nitrogens with zero attached hydrogens (tertiary/aromatic N) is 2. The molecule has 4 amide bonds. The molecule has 56 heavy (non-hydrogen) atoms. The Kier molecular flexibility index (Phi) is 14.1. The molecule has 2 unspecified atom stereocenters. The van der Waals surface area contributed by atoms with Gasteiger partial charge in [-0.25, -0.2) is 0 Å². The summed E-state index contributed by atoms with van der Waals surface area (Å²) in [5.74, 6) is -1.59. The molecule has 0 bridgehead atoms. The summed E-state index contributed by atoms with van der Waals surface area (Å²) in [6, 6.07) is 9.15. The number of rotatable bonds is 15. The summed E-state index contributed by atoms with van der Waals surface area (Å²) in [7, 11) is 3.03. The van der Waals surface area contributed by atoms with Crippen molar-refractivity contribution in [2.75, 3.05) is 20.8 Å². The molecule has 4 atom stereocenters. The molecular weight excluding hydrogens is 738 g/mol. The van der Waals surface area contributed by atoms with Crippen molar-refractivity contribution in [2.45, 2.75) is 122 Å². The van der Waals surface area contributed by atoms with E-state index in [0.29, 0.717) is 47.1 Å². The van der Waals surface area contributed by atoms with Crippen LogP contribution in [0, 0.1) is 11.3 Å². The zero-order valence-corrected chi connectivity index (χ0v) is 34.1. The highest BCUT2D eigenvalue weighted by Crippen LogP contribution is 2.40. The molecule has 1 saturated heterocycles.